The molecule has 2 aliphatic rings. The van der Waals surface area contributed by atoms with Crippen molar-refractivity contribution in [3.63, 3.8) is 0 Å². The average Bonchev–Trinajstić information content (AvgIpc) is 3.03. The van der Waals surface area contributed by atoms with Gasteiger partial charge in [-0.1, -0.05) is 13.8 Å². The van der Waals surface area contributed by atoms with Crippen LogP contribution in [-0.4, -0.2) is 30.8 Å². The van der Waals surface area contributed by atoms with E-state index in [2.05, 4.69) is 26.1 Å². The number of nitrogens with one attached hydrogen (secondary N) is 1. The zero-order valence-corrected chi connectivity index (χ0v) is 11.6. The third-order valence-corrected chi connectivity index (χ3v) is 4.90. The Balaban J connectivity index is 1.92. The van der Waals surface area contributed by atoms with Crippen LogP contribution in [0.3, 0.4) is 0 Å². The number of ether oxygens (including phenoxy) is 1. The summed E-state index contributed by atoms with van der Waals surface area (Å²) in [5.41, 5.74) is 6.17. The Kier molecular flexibility index (Phi) is 3.81. The molecule has 4 atom stereocenters. The van der Waals surface area contributed by atoms with Crippen LogP contribution in [0.1, 0.15) is 46.5 Å². The van der Waals surface area contributed by atoms with Crippen molar-refractivity contribution in [3.8, 4) is 0 Å². The SMILES string of the molecule is CCC1(C)CC(CN)(NCC2CC2C)CCO1. The van der Waals surface area contributed by atoms with Crippen molar-refractivity contribution in [2.45, 2.75) is 57.6 Å². The third kappa shape index (κ3) is 3.01. The Morgan fingerprint density at radius 3 is 2.71 bits per heavy atom. The summed E-state index contributed by atoms with van der Waals surface area (Å²) in [5, 5.41) is 3.76. The first-order valence-electron chi connectivity index (χ1n) is 7.11. The molecule has 3 heteroatoms. The van der Waals surface area contributed by atoms with E-state index in [4.69, 9.17) is 10.5 Å². The van der Waals surface area contributed by atoms with E-state index in [9.17, 15) is 0 Å². The van der Waals surface area contributed by atoms with E-state index in [1.54, 1.807) is 0 Å². The molecule has 0 aromatic heterocycles. The predicted molar refractivity (Wildman–Crippen MR) is 70.9 cm³/mol. The van der Waals surface area contributed by atoms with Gasteiger partial charge >= 0.3 is 0 Å². The molecule has 3 nitrogen and oxygen atoms in total. The van der Waals surface area contributed by atoms with Gasteiger partial charge in [0.05, 0.1) is 5.60 Å². The van der Waals surface area contributed by atoms with Crippen LogP contribution in [0.15, 0.2) is 0 Å². The minimum atomic E-state index is 0.0137. The fourth-order valence-electron chi connectivity index (χ4n) is 3.00. The zero-order chi connectivity index (χ0) is 12.5. The largest absolute Gasteiger partial charge is 0.375 e. The molecule has 0 bridgehead atoms. The number of nitrogens with two attached hydrogens (primary N) is 1. The minimum absolute atomic E-state index is 0.0137. The van der Waals surface area contributed by atoms with Crippen LogP contribution in [0.2, 0.25) is 0 Å². The third-order valence-electron chi connectivity index (χ3n) is 4.90. The molecule has 1 aliphatic carbocycles. The zero-order valence-electron chi connectivity index (χ0n) is 11.6. The fourth-order valence-corrected chi connectivity index (χ4v) is 3.00. The van der Waals surface area contributed by atoms with E-state index in [0.717, 1.165) is 50.8 Å². The van der Waals surface area contributed by atoms with Crippen LogP contribution < -0.4 is 11.1 Å². The van der Waals surface area contributed by atoms with E-state index in [0.29, 0.717) is 0 Å². The van der Waals surface area contributed by atoms with E-state index in [1.807, 2.05) is 0 Å². The van der Waals surface area contributed by atoms with Gasteiger partial charge in [-0.3, -0.25) is 0 Å². The first kappa shape index (κ1) is 13.3. The standard InChI is InChI=1S/C14H28N2O/c1-4-13(3)9-14(10-15,5-6-17-13)16-8-12-7-11(12)2/h11-12,16H,4-10,15H2,1-3H3. The maximum Gasteiger partial charge on any atom is 0.0670 e. The van der Waals surface area contributed by atoms with Crippen LogP contribution in [0.5, 0.6) is 0 Å². The van der Waals surface area contributed by atoms with E-state index < -0.39 is 0 Å². The van der Waals surface area contributed by atoms with Crippen LogP contribution in [0.25, 0.3) is 0 Å². The topological polar surface area (TPSA) is 47.3 Å². The predicted octanol–water partition coefficient (Wildman–Crippen LogP) is 1.91. The molecule has 100 valence electrons. The molecule has 2 rings (SSSR count). The molecule has 0 spiro atoms. The molecule has 0 amide bonds. The number of hydrogen-bond acceptors (Lipinski definition) is 3. The minimum Gasteiger partial charge on any atom is -0.375 e. The second-order valence-electron chi connectivity index (χ2n) is 6.42. The molecular formula is C14H28N2O. The Morgan fingerprint density at radius 2 is 2.18 bits per heavy atom. The van der Waals surface area contributed by atoms with Crippen LogP contribution in [0, 0.1) is 11.8 Å². The second kappa shape index (κ2) is 4.87. The molecule has 1 heterocycles. The lowest BCUT2D eigenvalue weighted by molar-refractivity contribution is -0.0995. The number of rotatable bonds is 5. The van der Waals surface area contributed by atoms with Crippen LogP contribution in [0.4, 0.5) is 0 Å². The van der Waals surface area contributed by atoms with Gasteiger partial charge in [-0.05, 0) is 51.0 Å². The number of hydrogen-bond donors (Lipinski definition) is 2. The van der Waals surface area contributed by atoms with Gasteiger partial charge in [0.2, 0.25) is 0 Å². The summed E-state index contributed by atoms with van der Waals surface area (Å²) in [7, 11) is 0. The van der Waals surface area contributed by atoms with Gasteiger partial charge < -0.3 is 15.8 Å². The second-order valence-corrected chi connectivity index (χ2v) is 6.42. The smallest absolute Gasteiger partial charge is 0.0670 e. The van der Waals surface area contributed by atoms with Gasteiger partial charge in [0, 0.05) is 18.7 Å². The maximum atomic E-state index is 6.04. The van der Waals surface area contributed by atoms with Crippen molar-refractivity contribution in [1.82, 2.24) is 5.32 Å². The lowest BCUT2D eigenvalue weighted by Crippen LogP contribution is -2.59. The van der Waals surface area contributed by atoms with Gasteiger partial charge in [-0.15, -0.1) is 0 Å². The Morgan fingerprint density at radius 1 is 1.47 bits per heavy atom. The Hall–Kier alpha value is -0.120. The molecule has 0 aromatic carbocycles. The summed E-state index contributed by atoms with van der Waals surface area (Å²) in [6.07, 6.45) is 4.56. The van der Waals surface area contributed by atoms with Crippen molar-refractivity contribution >= 4 is 0 Å². The summed E-state index contributed by atoms with van der Waals surface area (Å²) < 4.78 is 5.92. The molecule has 4 unspecified atom stereocenters. The van der Waals surface area contributed by atoms with Crippen molar-refractivity contribution in [2.75, 3.05) is 19.7 Å². The summed E-state index contributed by atoms with van der Waals surface area (Å²) >= 11 is 0. The van der Waals surface area contributed by atoms with Gasteiger partial charge in [0.1, 0.15) is 0 Å². The van der Waals surface area contributed by atoms with Crippen molar-refractivity contribution in [3.05, 3.63) is 0 Å². The quantitative estimate of drug-likeness (QED) is 0.771. The molecule has 17 heavy (non-hydrogen) atoms. The van der Waals surface area contributed by atoms with Crippen molar-refractivity contribution < 1.29 is 4.74 Å². The van der Waals surface area contributed by atoms with Crippen molar-refractivity contribution in [2.24, 2.45) is 17.6 Å². The lowest BCUT2D eigenvalue weighted by atomic mass is 9.79. The molecule has 1 aliphatic heterocycles. The highest BCUT2D eigenvalue weighted by Crippen LogP contribution is 2.39. The summed E-state index contributed by atoms with van der Waals surface area (Å²) in [5.74, 6) is 1.80. The summed E-state index contributed by atoms with van der Waals surface area (Å²) in [6, 6.07) is 0. The molecule has 1 saturated carbocycles. The first-order valence-corrected chi connectivity index (χ1v) is 7.11. The Bertz CT molecular complexity index is 271. The summed E-state index contributed by atoms with van der Waals surface area (Å²) in [6.45, 7) is 9.47. The lowest BCUT2D eigenvalue weighted by Gasteiger charge is -2.46. The highest BCUT2D eigenvalue weighted by molar-refractivity contribution is 5.00. The Labute approximate surface area is 105 Å². The molecule has 3 N–H and O–H groups in total. The van der Waals surface area contributed by atoms with Crippen LogP contribution in [-0.2, 0) is 4.74 Å². The maximum absolute atomic E-state index is 6.04. The van der Waals surface area contributed by atoms with Gasteiger partial charge in [-0.25, -0.2) is 0 Å². The van der Waals surface area contributed by atoms with E-state index >= 15 is 0 Å². The highest BCUT2D eigenvalue weighted by atomic mass is 16.5. The summed E-state index contributed by atoms with van der Waals surface area (Å²) in [4.78, 5) is 0. The normalized spacial score (nSPS) is 45.9. The van der Waals surface area contributed by atoms with Crippen LogP contribution >= 0.6 is 0 Å². The monoisotopic (exact) mass is 240 g/mol. The molecule has 2 fully saturated rings. The average molecular weight is 240 g/mol. The highest BCUT2D eigenvalue weighted by Gasteiger charge is 2.43. The van der Waals surface area contributed by atoms with E-state index in [-0.39, 0.29) is 11.1 Å². The first-order chi connectivity index (χ1) is 8.02. The molecular weight excluding hydrogens is 212 g/mol. The fraction of sp³-hybridized carbons (Fsp3) is 1.00. The molecule has 1 saturated heterocycles. The van der Waals surface area contributed by atoms with Gasteiger partial charge in [0.25, 0.3) is 0 Å². The van der Waals surface area contributed by atoms with Gasteiger partial charge in [-0.2, -0.15) is 0 Å². The van der Waals surface area contributed by atoms with E-state index in [1.165, 1.54) is 6.42 Å². The molecule has 0 radical (unpaired) electrons. The molecule has 0 aromatic rings. The van der Waals surface area contributed by atoms with Crippen molar-refractivity contribution in [1.29, 1.82) is 0 Å². The van der Waals surface area contributed by atoms with Gasteiger partial charge in [0.15, 0.2) is 0 Å².